The lowest BCUT2D eigenvalue weighted by Gasteiger charge is -2.37. The van der Waals surface area contributed by atoms with Crippen LogP contribution in [0.2, 0.25) is 0 Å². The third kappa shape index (κ3) is 7.62. The van der Waals surface area contributed by atoms with Gasteiger partial charge in [0.1, 0.15) is 11.6 Å². The molecule has 0 saturated heterocycles. The summed E-state index contributed by atoms with van der Waals surface area (Å²) in [5.41, 5.74) is 5.00. The minimum absolute atomic E-state index is 0.0475. The number of hydrogen-bond donors (Lipinski definition) is 0. The molecule has 1 aromatic rings. The van der Waals surface area contributed by atoms with Crippen molar-refractivity contribution >= 4 is 17.3 Å². The van der Waals surface area contributed by atoms with Crippen molar-refractivity contribution in [3.8, 4) is 0 Å². The minimum atomic E-state index is -0.0688. The van der Waals surface area contributed by atoms with Crippen molar-refractivity contribution < 1.29 is 14.4 Å². The lowest BCUT2D eigenvalue weighted by molar-refractivity contribution is -0.129. The SMILES string of the molecule is CCC.CCCC(CC1CC(=O)c2c(ccc(C3(C)CCCCC3)c2C)C1)C(CC)C(=O)CC(C)=O. The van der Waals surface area contributed by atoms with E-state index in [1.165, 1.54) is 62.1 Å². The summed E-state index contributed by atoms with van der Waals surface area (Å²) < 4.78 is 0. The van der Waals surface area contributed by atoms with E-state index in [9.17, 15) is 14.4 Å². The molecule has 0 amide bonds. The van der Waals surface area contributed by atoms with Crippen LogP contribution in [0.25, 0.3) is 0 Å². The number of Topliss-reactive ketones (excluding diaryl/α,β-unsaturated/α-hetero) is 3. The van der Waals surface area contributed by atoms with Crippen LogP contribution in [0.3, 0.4) is 0 Å². The molecule has 2 aliphatic carbocycles. The zero-order valence-electron chi connectivity index (χ0n) is 24.3. The highest BCUT2D eigenvalue weighted by atomic mass is 16.1. The Bertz CT molecular complexity index is 890. The van der Waals surface area contributed by atoms with Crippen LogP contribution in [0.5, 0.6) is 0 Å². The van der Waals surface area contributed by atoms with Gasteiger partial charge in [-0.2, -0.15) is 0 Å². The highest BCUT2D eigenvalue weighted by Crippen LogP contribution is 2.43. The second kappa shape index (κ2) is 14.2. The minimum Gasteiger partial charge on any atom is -0.300 e. The molecule has 0 heterocycles. The summed E-state index contributed by atoms with van der Waals surface area (Å²) in [6, 6.07) is 4.54. The summed E-state index contributed by atoms with van der Waals surface area (Å²) >= 11 is 0. The molecule has 202 valence electrons. The van der Waals surface area contributed by atoms with Crippen molar-refractivity contribution in [2.45, 2.75) is 137 Å². The number of carbonyl (C=O) groups excluding carboxylic acids is 3. The van der Waals surface area contributed by atoms with Gasteiger partial charge in [0.25, 0.3) is 0 Å². The Hall–Kier alpha value is -1.77. The first-order chi connectivity index (χ1) is 17.1. The van der Waals surface area contributed by atoms with E-state index in [0.717, 1.165) is 37.7 Å². The van der Waals surface area contributed by atoms with Crippen molar-refractivity contribution in [2.24, 2.45) is 17.8 Å². The van der Waals surface area contributed by atoms with Gasteiger partial charge in [0.05, 0.1) is 6.42 Å². The summed E-state index contributed by atoms with van der Waals surface area (Å²) in [6.07, 6.45) is 12.8. The van der Waals surface area contributed by atoms with Crippen LogP contribution in [0, 0.1) is 24.7 Å². The molecule has 0 radical (unpaired) electrons. The number of carbonyl (C=O) groups is 3. The van der Waals surface area contributed by atoms with E-state index >= 15 is 0 Å². The van der Waals surface area contributed by atoms with Crippen LogP contribution in [-0.2, 0) is 21.4 Å². The molecule has 3 atom stereocenters. The molecule has 0 aromatic heterocycles. The third-order valence-electron chi connectivity index (χ3n) is 8.56. The van der Waals surface area contributed by atoms with Crippen molar-refractivity contribution in [3.05, 3.63) is 34.4 Å². The van der Waals surface area contributed by atoms with E-state index in [1.54, 1.807) is 0 Å². The zero-order valence-corrected chi connectivity index (χ0v) is 24.3. The fourth-order valence-electron chi connectivity index (χ4n) is 6.98. The van der Waals surface area contributed by atoms with Crippen LogP contribution in [0.1, 0.15) is 146 Å². The Morgan fingerprint density at radius 3 is 2.22 bits per heavy atom. The van der Waals surface area contributed by atoms with Crippen LogP contribution in [-0.4, -0.2) is 17.3 Å². The second-order valence-electron chi connectivity index (χ2n) is 11.9. The first-order valence-electron chi connectivity index (χ1n) is 14.8. The Balaban J connectivity index is 0.00000145. The number of fused-ring (bicyclic) bond motifs is 1. The topological polar surface area (TPSA) is 51.2 Å². The van der Waals surface area contributed by atoms with Crippen LogP contribution < -0.4 is 0 Å². The predicted molar refractivity (Wildman–Crippen MR) is 151 cm³/mol. The Kier molecular flexibility index (Phi) is 12.0. The average Bonchev–Trinajstić information content (AvgIpc) is 2.80. The number of benzene rings is 1. The lowest BCUT2D eigenvalue weighted by Crippen LogP contribution is -2.31. The largest absolute Gasteiger partial charge is 0.300 e. The highest BCUT2D eigenvalue weighted by molar-refractivity contribution is 6.00. The summed E-state index contributed by atoms with van der Waals surface area (Å²) in [4.78, 5) is 37.7. The van der Waals surface area contributed by atoms with E-state index in [4.69, 9.17) is 0 Å². The van der Waals surface area contributed by atoms with E-state index < -0.39 is 0 Å². The average molecular weight is 497 g/mol. The van der Waals surface area contributed by atoms with E-state index in [0.29, 0.717) is 12.2 Å². The van der Waals surface area contributed by atoms with Gasteiger partial charge in [-0.15, -0.1) is 0 Å². The van der Waals surface area contributed by atoms with Crippen molar-refractivity contribution in [1.82, 2.24) is 0 Å². The first kappa shape index (κ1) is 30.5. The number of ketones is 3. The van der Waals surface area contributed by atoms with Gasteiger partial charge in [-0.05, 0) is 79.9 Å². The number of rotatable bonds is 10. The van der Waals surface area contributed by atoms with Gasteiger partial charge in [-0.25, -0.2) is 0 Å². The molecule has 3 rings (SSSR count). The smallest absolute Gasteiger partial charge is 0.163 e. The standard InChI is InChI=1S/C30H44O3.C3H8/c1-6-11-23(25(7-2)27(32)16-20(3)31)17-22-18-24-12-13-26(21(4)29(24)28(33)19-22)30(5)14-9-8-10-15-30;1-3-2/h12-13,22-23,25H,6-11,14-19H2,1-5H3;3H2,1-2H3. The van der Waals surface area contributed by atoms with Gasteiger partial charge in [0, 0.05) is 17.9 Å². The van der Waals surface area contributed by atoms with Crippen LogP contribution in [0.4, 0.5) is 0 Å². The molecule has 1 aromatic carbocycles. The van der Waals surface area contributed by atoms with Crippen LogP contribution >= 0.6 is 0 Å². The van der Waals surface area contributed by atoms with Crippen molar-refractivity contribution in [2.75, 3.05) is 0 Å². The third-order valence-corrected chi connectivity index (χ3v) is 8.56. The maximum absolute atomic E-state index is 13.4. The Morgan fingerprint density at radius 1 is 1.03 bits per heavy atom. The van der Waals surface area contributed by atoms with Gasteiger partial charge >= 0.3 is 0 Å². The molecule has 1 saturated carbocycles. The zero-order chi connectivity index (χ0) is 26.9. The molecule has 0 spiro atoms. The molecule has 3 heteroatoms. The quantitative estimate of drug-likeness (QED) is 0.304. The van der Waals surface area contributed by atoms with E-state index in [-0.39, 0.29) is 41.2 Å². The molecule has 0 bridgehead atoms. The fourth-order valence-corrected chi connectivity index (χ4v) is 6.98. The van der Waals surface area contributed by atoms with Gasteiger partial charge in [0.2, 0.25) is 0 Å². The monoisotopic (exact) mass is 496 g/mol. The Labute approximate surface area is 221 Å². The van der Waals surface area contributed by atoms with Gasteiger partial charge < -0.3 is 0 Å². The van der Waals surface area contributed by atoms with Crippen molar-refractivity contribution in [1.29, 1.82) is 0 Å². The molecule has 2 aliphatic rings. The molecule has 0 N–H and O–H groups in total. The molecule has 3 nitrogen and oxygen atoms in total. The Morgan fingerprint density at radius 2 is 1.67 bits per heavy atom. The summed E-state index contributed by atoms with van der Waals surface area (Å²) in [7, 11) is 0. The first-order valence-corrected chi connectivity index (χ1v) is 14.8. The molecule has 3 unspecified atom stereocenters. The molecule has 0 aliphatic heterocycles. The molecule has 36 heavy (non-hydrogen) atoms. The van der Waals surface area contributed by atoms with Crippen molar-refractivity contribution in [3.63, 3.8) is 0 Å². The van der Waals surface area contributed by atoms with Crippen LogP contribution in [0.15, 0.2) is 12.1 Å². The maximum Gasteiger partial charge on any atom is 0.163 e. The summed E-state index contributed by atoms with van der Waals surface area (Å²) in [5, 5.41) is 0. The van der Waals surface area contributed by atoms with Gasteiger partial charge in [-0.3, -0.25) is 14.4 Å². The molecular formula is C33H52O3. The normalized spacial score (nSPS) is 20.5. The summed E-state index contributed by atoms with van der Waals surface area (Å²) in [6.45, 7) is 14.5. The predicted octanol–water partition coefficient (Wildman–Crippen LogP) is 8.76. The second-order valence-corrected chi connectivity index (χ2v) is 11.9. The van der Waals surface area contributed by atoms with Gasteiger partial charge in [0.15, 0.2) is 5.78 Å². The van der Waals surface area contributed by atoms with Gasteiger partial charge in [-0.1, -0.05) is 85.3 Å². The van der Waals surface area contributed by atoms with E-state index in [2.05, 4.69) is 53.7 Å². The summed E-state index contributed by atoms with van der Waals surface area (Å²) in [5.74, 6) is 0.809. The molecule has 1 fully saturated rings. The maximum atomic E-state index is 13.4. The highest BCUT2D eigenvalue weighted by Gasteiger charge is 2.36. The molecular weight excluding hydrogens is 444 g/mol. The lowest BCUT2D eigenvalue weighted by atomic mass is 9.67. The fraction of sp³-hybridized carbons (Fsp3) is 0.727. The number of hydrogen-bond acceptors (Lipinski definition) is 3. The van der Waals surface area contributed by atoms with E-state index in [1.807, 2.05) is 0 Å².